The van der Waals surface area contributed by atoms with Gasteiger partial charge < -0.3 is 20.6 Å². The quantitative estimate of drug-likeness (QED) is 0.814. The number of carbonyl (C=O) groups is 1. The molecule has 0 radical (unpaired) electrons. The van der Waals surface area contributed by atoms with Crippen LogP contribution in [0.2, 0.25) is 0 Å². The Hall–Kier alpha value is -2.74. The van der Waals surface area contributed by atoms with E-state index in [2.05, 4.69) is 19.9 Å². The van der Waals surface area contributed by atoms with Gasteiger partial charge in [-0.3, -0.25) is 14.8 Å². The molecule has 24 heavy (non-hydrogen) atoms. The number of aryl methyl sites for hydroxylation is 1. The molecule has 1 amide bonds. The fourth-order valence-electron chi connectivity index (χ4n) is 2.79. The van der Waals surface area contributed by atoms with E-state index in [-0.39, 0.29) is 5.69 Å². The Bertz CT molecular complexity index is 738. The Kier molecular flexibility index (Phi) is 4.57. The Morgan fingerprint density at radius 2 is 2.04 bits per heavy atom. The zero-order valence-electron chi connectivity index (χ0n) is 13.5. The fraction of sp³-hybridized carbons (Fsp3) is 0.375. The van der Waals surface area contributed by atoms with Crippen molar-refractivity contribution in [3.63, 3.8) is 0 Å². The molecule has 0 spiro atoms. The lowest BCUT2D eigenvalue weighted by atomic mass is 10.2. The number of nitrogens with zero attached hydrogens (tertiary/aromatic N) is 5. The first kappa shape index (κ1) is 16.1. The molecule has 0 aromatic carbocycles. The van der Waals surface area contributed by atoms with Gasteiger partial charge in [-0.25, -0.2) is 4.98 Å². The van der Waals surface area contributed by atoms with Crippen LogP contribution in [0.25, 0.3) is 0 Å². The minimum Gasteiger partial charge on any atom is -0.389 e. The summed E-state index contributed by atoms with van der Waals surface area (Å²) in [6.45, 7) is 4.23. The van der Waals surface area contributed by atoms with Crippen LogP contribution in [0.4, 0.5) is 11.5 Å². The second kappa shape index (κ2) is 6.79. The first-order chi connectivity index (χ1) is 11.5. The van der Waals surface area contributed by atoms with Gasteiger partial charge in [0.25, 0.3) is 5.91 Å². The summed E-state index contributed by atoms with van der Waals surface area (Å²) >= 11 is 0. The molecule has 8 nitrogen and oxygen atoms in total. The summed E-state index contributed by atoms with van der Waals surface area (Å²) in [6, 6.07) is 3.93. The summed E-state index contributed by atoms with van der Waals surface area (Å²) in [7, 11) is 0. The highest BCUT2D eigenvalue weighted by Crippen LogP contribution is 2.19. The normalized spacial score (nSPS) is 18.3. The molecule has 0 aliphatic carbocycles. The molecule has 1 aliphatic heterocycles. The number of amides is 1. The van der Waals surface area contributed by atoms with Gasteiger partial charge in [0.2, 0.25) is 0 Å². The van der Waals surface area contributed by atoms with Crippen molar-refractivity contribution in [1.82, 2.24) is 15.0 Å². The number of primary amides is 1. The lowest BCUT2D eigenvalue weighted by molar-refractivity contribution is 0.0995. The lowest BCUT2D eigenvalue weighted by Crippen LogP contribution is -2.34. The van der Waals surface area contributed by atoms with Crippen LogP contribution in [0, 0.1) is 6.92 Å². The average Bonchev–Trinajstić information content (AvgIpc) is 2.77. The van der Waals surface area contributed by atoms with Gasteiger partial charge in [-0.15, -0.1) is 0 Å². The van der Waals surface area contributed by atoms with E-state index in [0.717, 1.165) is 11.4 Å². The van der Waals surface area contributed by atoms with E-state index in [9.17, 15) is 9.90 Å². The molecule has 3 heterocycles. The molecule has 1 fully saturated rings. The van der Waals surface area contributed by atoms with Crippen LogP contribution in [0.1, 0.15) is 16.2 Å². The maximum absolute atomic E-state index is 11.3. The van der Waals surface area contributed by atoms with Crippen LogP contribution in [0.15, 0.2) is 30.7 Å². The van der Waals surface area contributed by atoms with Gasteiger partial charge in [0, 0.05) is 43.8 Å². The Balaban J connectivity index is 1.79. The van der Waals surface area contributed by atoms with Gasteiger partial charge in [-0.05, 0) is 19.1 Å². The van der Waals surface area contributed by atoms with E-state index in [1.54, 1.807) is 12.4 Å². The number of pyridine rings is 1. The molecule has 1 atom stereocenters. The van der Waals surface area contributed by atoms with E-state index >= 15 is 0 Å². The molecule has 0 saturated carbocycles. The predicted molar refractivity (Wildman–Crippen MR) is 90.0 cm³/mol. The summed E-state index contributed by atoms with van der Waals surface area (Å²) in [5.41, 5.74) is 7.34. The predicted octanol–water partition coefficient (Wildman–Crippen LogP) is -0.0336. The maximum Gasteiger partial charge on any atom is 0.268 e. The molecule has 0 bridgehead atoms. The summed E-state index contributed by atoms with van der Waals surface area (Å²) in [5.74, 6) is -0.0771. The van der Waals surface area contributed by atoms with Crippen molar-refractivity contribution in [1.29, 1.82) is 0 Å². The number of nitrogens with two attached hydrogens (primary N) is 1. The minimum atomic E-state index is -0.617. The molecule has 3 rings (SSSR count). The van der Waals surface area contributed by atoms with Gasteiger partial charge in [0.1, 0.15) is 11.5 Å². The van der Waals surface area contributed by atoms with Crippen LogP contribution >= 0.6 is 0 Å². The van der Waals surface area contributed by atoms with Crippen molar-refractivity contribution in [3.8, 4) is 0 Å². The number of aromatic nitrogens is 3. The van der Waals surface area contributed by atoms with Crippen molar-refractivity contribution in [2.45, 2.75) is 13.0 Å². The molecule has 126 valence electrons. The standard InChI is InChI=1S/C16H20N6O2/c1-11-6-12(2-3-19-11)21-4-5-22(10-13(23)9-21)15-8-18-7-14(20-15)16(17)24/h2-3,6-8,13,23H,4-5,9-10H2,1H3,(H2,17,24). The van der Waals surface area contributed by atoms with Crippen molar-refractivity contribution in [2.24, 2.45) is 5.73 Å². The zero-order chi connectivity index (χ0) is 17.1. The zero-order valence-corrected chi connectivity index (χ0v) is 13.5. The molecule has 3 N–H and O–H groups in total. The van der Waals surface area contributed by atoms with E-state index in [1.807, 2.05) is 24.0 Å². The number of hydrogen-bond donors (Lipinski definition) is 2. The molecular weight excluding hydrogens is 308 g/mol. The number of carbonyl (C=O) groups excluding carboxylic acids is 1. The molecule has 1 saturated heterocycles. The first-order valence-corrected chi connectivity index (χ1v) is 7.75. The second-order valence-corrected chi connectivity index (χ2v) is 5.83. The number of aliphatic hydroxyl groups excluding tert-OH is 1. The Morgan fingerprint density at radius 3 is 2.79 bits per heavy atom. The highest BCUT2D eigenvalue weighted by Gasteiger charge is 2.23. The average molecular weight is 328 g/mol. The minimum absolute atomic E-state index is 0.118. The van der Waals surface area contributed by atoms with Crippen molar-refractivity contribution < 1.29 is 9.90 Å². The number of hydrogen-bond acceptors (Lipinski definition) is 7. The van der Waals surface area contributed by atoms with E-state index in [4.69, 9.17) is 5.73 Å². The van der Waals surface area contributed by atoms with Gasteiger partial charge in [-0.1, -0.05) is 0 Å². The highest BCUT2D eigenvalue weighted by atomic mass is 16.3. The van der Waals surface area contributed by atoms with Crippen LogP contribution < -0.4 is 15.5 Å². The SMILES string of the molecule is Cc1cc(N2CCN(c3cncc(C(N)=O)n3)CC(O)C2)ccn1. The maximum atomic E-state index is 11.3. The van der Waals surface area contributed by atoms with Gasteiger partial charge >= 0.3 is 0 Å². The Morgan fingerprint density at radius 1 is 1.29 bits per heavy atom. The van der Waals surface area contributed by atoms with E-state index in [0.29, 0.717) is 32.0 Å². The van der Waals surface area contributed by atoms with Crippen LogP contribution in [0.3, 0.4) is 0 Å². The third-order valence-corrected chi connectivity index (χ3v) is 3.95. The number of rotatable bonds is 3. The van der Waals surface area contributed by atoms with Crippen molar-refractivity contribution in [2.75, 3.05) is 36.0 Å². The van der Waals surface area contributed by atoms with E-state index in [1.165, 1.54) is 6.20 Å². The molecule has 2 aromatic rings. The topological polar surface area (TPSA) is 108 Å². The highest BCUT2D eigenvalue weighted by molar-refractivity contribution is 5.90. The van der Waals surface area contributed by atoms with Crippen LogP contribution in [-0.4, -0.2) is 58.2 Å². The monoisotopic (exact) mass is 328 g/mol. The van der Waals surface area contributed by atoms with Gasteiger partial charge in [0.05, 0.1) is 18.5 Å². The lowest BCUT2D eigenvalue weighted by Gasteiger charge is -2.24. The molecule has 1 aliphatic rings. The third kappa shape index (κ3) is 3.60. The summed E-state index contributed by atoms with van der Waals surface area (Å²) < 4.78 is 0. The third-order valence-electron chi connectivity index (χ3n) is 3.95. The van der Waals surface area contributed by atoms with Crippen LogP contribution in [-0.2, 0) is 0 Å². The summed E-state index contributed by atoms with van der Waals surface area (Å²) in [5, 5.41) is 10.4. The first-order valence-electron chi connectivity index (χ1n) is 7.75. The van der Waals surface area contributed by atoms with E-state index < -0.39 is 12.0 Å². The van der Waals surface area contributed by atoms with Crippen LogP contribution in [0.5, 0.6) is 0 Å². The van der Waals surface area contributed by atoms with Gasteiger partial charge in [0.15, 0.2) is 0 Å². The van der Waals surface area contributed by atoms with Crippen molar-refractivity contribution in [3.05, 3.63) is 42.1 Å². The second-order valence-electron chi connectivity index (χ2n) is 5.83. The molecule has 2 aromatic heterocycles. The summed E-state index contributed by atoms with van der Waals surface area (Å²) in [4.78, 5) is 27.8. The number of aliphatic hydroxyl groups is 1. The Labute approximate surface area is 140 Å². The van der Waals surface area contributed by atoms with Gasteiger partial charge in [-0.2, -0.15) is 0 Å². The summed E-state index contributed by atoms with van der Waals surface area (Å²) in [6.07, 6.45) is 4.12. The smallest absolute Gasteiger partial charge is 0.268 e. The molecule has 8 heteroatoms. The number of anilines is 2. The molecule has 1 unspecified atom stereocenters. The fourth-order valence-corrected chi connectivity index (χ4v) is 2.79. The largest absolute Gasteiger partial charge is 0.389 e. The number of β-amino-alcohol motifs (C(OH)–C–C–N with tert-alkyl or cyclic N) is 1. The van der Waals surface area contributed by atoms with Crippen molar-refractivity contribution >= 4 is 17.4 Å². The molecular formula is C16H20N6O2.